The zero-order chi connectivity index (χ0) is 26.8. The van der Waals surface area contributed by atoms with Crippen LogP contribution in [0.25, 0.3) is 21.5 Å². The van der Waals surface area contributed by atoms with Gasteiger partial charge in [0.15, 0.2) is 24.8 Å². The standard InChI is InChI=1S/C37H52N2/c1(2-4-6-8-10-12-14-20-28-38-30-26-34-22-16-18-24-36(34)32-38)3-5-7-9-11-13-15-21-29-39-31-27-35-23-17-19-25-37(35)33-39/h16-19,22-27,30-33H,1-15,20-21,28-29H2/q+2. The summed E-state index contributed by atoms with van der Waals surface area (Å²) in [6, 6.07) is 21.8. The van der Waals surface area contributed by atoms with Crippen molar-refractivity contribution in [3.8, 4) is 0 Å². The summed E-state index contributed by atoms with van der Waals surface area (Å²) < 4.78 is 4.71. The van der Waals surface area contributed by atoms with E-state index in [1.807, 2.05) is 0 Å². The van der Waals surface area contributed by atoms with E-state index in [-0.39, 0.29) is 0 Å². The van der Waals surface area contributed by atoms with Gasteiger partial charge in [0.2, 0.25) is 0 Å². The first-order valence-electron chi connectivity index (χ1n) is 16.1. The number of unbranched alkanes of at least 4 members (excludes halogenated alkanes) is 16. The van der Waals surface area contributed by atoms with Gasteiger partial charge in [-0.05, 0) is 35.7 Å². The molecule has 0 aliphatic heterocycles. The van der Waals surface area contributed by atoms with Crippen LogP contribution in [0.5, 0.6) is 0 Å². The average Bonchev–Trinajstić information content (AvgIpc) is 2.98. The van der Waals surface area contributed by atoms with Crippen LogP contribution in [0.15, 0.2) is 85.5 Å². The number of benzene rings is 2. The molecule has 2 heterocycles. The SMILES string of the molecule is c1ccc2c[n+](CCCCCCCCCCCCCCCCCCC[n+]3ccc4ccccc4c3)ccc2c1. The predicted octanol–water partition coefficient (Wildman–Crippen LogP) is 9.90. The third kappa shape index (κ3) is 11.1. The summed E-state index contributed by atoms with van der Waals surface area (Å²) in [5.74, 6) is 0. The summed E-state index contributed by atoms with van der Waals surface area (Å²) in [6.07, 6.45) is 33.0. The highest BCUT2D eigenvalue weighted by molar-refractivity contribution is 5.80. The van der Waals surface area contributed by atoms with E-state index in [0.29, 0.717) is 0 Å². The molecule has 0 N–H and O–H groups in total. The molecule has 0 atom stereocenters. The third-order valence-electron chi connectivity index (χ3n) is 8.33. The van der Waals surface area contributed by atoms with Gasteiger partial charge in [-0.15, -0.1) is 0 Å². The molecule has 0 amide bonds. The lowest BCUT2D eigenvalue weighted by molar-refractivity contribution is -0.696. The minimum atomic E-state index is 1.15. The smallest absolute Gasteiger partial charge is 0.176 e. The van der Waals surface area contributed by atoms with Gasteiger partial charge in [0.05, 0.1) is 0 Å². The second-order valence-electron chi connectivity index (χ2n) is 11.6. The van der Waals surface area contributed by atoms with E-state index in [4.69, 9.17) is 0 Å². The normalized spacial score (nSPS) is 11.5. The number of hydrogen-bond donors (Lipinski definition) is 0. The lowest BCUT2D eigenvalue weighted by Crippen LogP contribution is -2.32. The first-order valence-corrected chi connectivity index (χ1v) is 16.1. The number of pyridine rings is 2. The molecular formula is C37H52N2+2. The van der Waals surface area contributed by atoms with Gasteiger partial charge in [-0.2, -0.15) is 0 Å². The Morgan fingerprint density at radius 1 is 0.308 bits per heavy atom. The molecule has 0 spiro atoms. The highest BCUT2D eigenvalue weighted by Crippen LogP contribution is 2.15. The van der Waals surface area contributed by atoms with Gasteiger partial charge in [-0.1, -0.05) is 120 Å². The van der Waals surface area contributed by atoms with E-state index >= 15 is 0 Å². The van der Waals surface area contributed by atoms with Gasteiger partial charge in [-0.3, -0.25) is 0 Å². The summed E-state index contributed by atoms with van der Waals surface area (Å²) in [6.45, 7) is 2.30. The molecule has 0 aliphatic rings. The minimum absolute atomic E-state index is 1.15. The Balaban J connectivity index is 0.869. The minimum Gasteiger partial charge on any atom is -0.205 e. The molecular weight excluding hydrogens is 472 g/mol. The van der Waals surface area contributed by atoms with Crippen LogP contribution < -0.4 is 9.13 Å². The van der Waals surface area contributed by atoms with Crippen LogP contribution in [0.2, 0.25) is 0 Å². The predicted molar refractivity (Wildman–Crippen MR) is 167 cm³/mol. The quantitative estimate of drug-likeness (QED) is 0.0802. The maximum Gasteiger partial charge on any atom is 0.176 e. The zero-order valence-electron chi connectivity index (χ0n) is 24.4. The second kappa shape index (κ2) is 17.8. The van der Waals surface area contributed by atoms with Gasteiger partial charge >= 0.3 is 0 Å². The van der Waals surface area contributed by atoms with Crippen LogP contribution in [0.4, 0.5) is 0 Å². The molecule has 4 rings (SSSR count). The molecule has 4 aromatic rings. The molecule has 39 heavy (non-hydrogen) atoms. The van der Waals surface area contributed by atoms with Crippen molar-refractivity contribution in [1.82, 2.24) is 0 Å². The fourth-order valence-corrected chi connectivity index (χ4v) is 5.87. The summed E-state index contributed by atoms with van der Waals surface area (Å²) >= 11 is 0. The molecule has 2 heteroatoms. The second-order valence-corrected chi connectivity index (χ2v) is 11.6. The molecule has 0 bridgehead atoms. The van der Waals surface area contributed by atoms with Gasteiger partial charge in [0.1, 0.15) is 13.1 Å². The summed E-state index contributed by atoms with van der Waals surface area (Å²) in [7, 11) is 0. The van der Waals surface area contributed by atoms with E-state index in [9.17, 15) is 0 Å². The molecule has 0 saturated carbocycles. The largest absolute Gasteiger partial charge is 0.205 e. The van der Waals surface area contributed by atoms with Crippen LogP contribution in [0, 0.1) is 0 Å². The average molecular weight is 525 g/mol. The lowest BCUT2D eigenvalue weighted by atomic mass is 10.0. The Hall–Kier alpha value is -2.74. The molecule has 0 fully saturated rings. The molecule has 208 valence electrons. The number of fused-ring (bicyclic) bond motifs is 2. The summed E-state index contributed by atoms with van der Waals surface area (Å²) in [5.41, 5.74) is 0. The van der Waals surface area contributed by atoms with Crippen molar-refractivity contribution in [3.63, 3.8) is 0 Å². The first-order chi connectivity index (χ1) is 19.4. The number of hydrogen-bond acceptors (Lipinski definition) is 0. The zero-order valence-corrected chi connectivity index (χ0v) is 24.4. The van der Waals surface area contributed by atoms with Crippen molar-refractivity contribution in [2.75, 3.05) is 0 Å². The Morgan fingerprint density at radius 3 is 0.923 bits per heavy atom. The first kappa shape index (κ1) is 29.2. The fraction of sp³-hybridized carbons (Fsp3) is 0.514. The van der Waals surface area contributed by atoms with Gasteiger partial charge in [0.25, 0.3) is 0 Å². The van der Waals surface area contributed by atoms with E-state index in [1.165, 1.54) is 131 Å². The Kier molecular flexibility index (Phi) is 13.3. The lowest BCUT2D eigenvalue weighted by Gasteiger charge is -2.04. The highest BCUT2D eigenvalue weighted by atomic mass is 14.9. The van der Waals surface area contributed by atoms with Crippen LogP contribution in [0.3, 0.4) is 0 Å². The van der Waals surface area contributed by atoms with E-state index < -0.39 is 0 Å². The maximum atomic E-state index is 2.36. The highest BCUT2D eigenvalue weighted by Gasteiger charge is 2.04. The monoisotopic (exact) mass is 524 g/mol. The maximum absolute atomic E-state index is 2.36. The van der Waals surface area contributed by atoms with Crippen molar-refractivity contribution in [2.45, 2.75) is 122 Å². The summed E-state index contributed by atoms with van der Waals surface area (Å²) in [4.78, 5) is 0. The van der Waals surface area contributed by atoms with Crippen molar-refractivity contribution in [2.24, 2.45) is 0 Å². The molecule has 0 unspecified atom stereocenters. The van der Waals surface area contributed by atoms with Crippen LogP contribution in [-0.2, 0) is 13.1 Å². The van der Waals surface area contributed by atoms with Gasteiger partial charge in [-0.25, -0.2) is 9.13 Å². The third-order valence-corrected chi connectivity index (χ3v) is 8.33. The number of nitrogens with zero attached hydrogens (tertiary/aromatic N) is 2. The van der Waals surface area contributed by atoms with Crippen molar-refractivity contribution in [1.29, 1.82) is 0 Å². The van der Waals surface area contributed by atoms with Gasteiger partial charge in [0, 0.05) is 35.7 Å². The number of aromatic nitrogens is 2. The molecule has 2 aromatic carbocycles. The topological polar surface area (TPSA) is 7.76 Å². The fourth-order valence-electron chi connectivity index (χ4n) is 5.87. The Bertz CT molecular complexity index is 1120. The number of aryl methyl sites for hydroxylation is 2. The molecule has 0 saturated heterocycles. The van der Waals surface area contributed by atoms with E-state index in [2.05, 4.69) is 94.6 Å². The van der Waals surface area contributed by atoms with Crippen molar-refractivity contribution >= 4 is 21.5 Å². The molecule has 0 aliphatic carbocycles. The van der Waals surface area contributed by atoms with Gasteiger partial charge < -0.3 is 0 Å². The molecule has 0 radical (unpaired) electrons. The van der Waals surface area contributed by atoms with Crippen LogP contribution in [-0.4, -0.2) is 0 Å². The Labute approximate surface area is 238 Å². The molecule has 2 aromatic heterocycles. The van der Waals surface area contributed by atoms with E-state index in [0.717, 1.165) is 13.1 Å². The molecule has 2 nitrogen and oxygen atoms in total. The van der Waals surface area contributed by atoms with E-state index in [1.54, 1.807) is 0 Å². The van der Waals surface area contributed by atoms with Crippen LogP contribution in [0.1, 0.15) is 109 Å². The van der Waals surface area contributed by atoms with Crippen molar-refractivity contribution < 1.29 is 9.13 Å². The number of rotatable bonds is 20. The summed E-state index contributed by atoms with van der Waals surface area (Å²) in [5, 5.41) is 5.36. The Morgan fingerprint density at radius 2 is 0.590 bits per heavy atom. The van der Waals surface area contributed by atoms with Crippen molar-refractivity contribution in [3.05, 3.63) is 85.5 Å². The van der Waals surface area contributed by atoms with Crippen LogP contribution >= 0.6 is 0 Å².